The summed E-state index contributed by atoms with van der Waals surface area (Å²) in [5.41, 5.74) is -1.16. The van der Waals surface area contributed by atoms with Gasteiger partial charge in [0, 0.05) is 6.54 Å². The van der Waals surface area contributed by atoms with Crippen molar-refractivity contribution in [1.29, 1.82) is 0 Å². The maximum absolute atomic E-state index is 13.0. The van der Waals surface area contributed by atoms with E-state index in [1.54, 1.807) is 6.92 Å². The summed E-state index contributed by atoms with van der Waals surface area (Å²) in [6.07, 6.45) is -3.38. The molecule has 146 valence electrons. The van der Waals surface area contributed by atoms with Crippen LogP contribution in [0.4, 0.5) is 13.2 Å². The minimum Gasteiger partial charge on any atom is -0.465 e. The van der Waals surface area contributed by atoms with Crippen molar-refractivity contribution in [2.75, 3.05) is 13.2 Å². The molecule has 1 aliphatic rings. The Morgan fingerprint density at radius 3 is 2.35 bits per heavy atom. The van der Waals surface area contributed by atoms with Crippen molar-refractivity contribution in [2.24, 2.45) is 0 Å². The van der Waals surface area contributed by atoms with Gasteiger partial charge in [-0.15, -0.1) is 0 Å². The number of esters is 1. The number of piperidine rings is 1. The fraction of sp³-hybridized carbons (Fsp3) is 0.533. The topological polar surface area (TPSA) is 63.7 Å². The highest BCUT2D eigenvalue weighted by Gasteiger charge is 2.41. The molecular formula is C15H16Cl2F3NO4S. The number of hydrogen-bond donors (Lipinski definition) is 0. The van der Waals surface area contributed by atoms with Crippen molar-refractivity contribution in [1.82, 2.24) is 4.31 Å². The van der Waals surface area contributed by atoms with Gasteiger partial charge in [-0.05, 0) is 38.3 Å². The van der Waals surface area contributed by atoms with Crippen molar-refractivity contribution < 1.29 is 31.1 Å². The van der Waals surface area contributed by atoms with E-state index in [0.717, 1.165) is 4.31 Å². The smallest absolute Gasteiger partial charge is 0.416 e. The standard InChI is InChI=1S/C15H16Cl2F3NO4S/c1-2-25-14(22)12-5-3-4-6-21(12)26(23,24)13-10(16)7-9(8-11(13)17)15(18,19)20/h7-8,12H,2-6H2,1H3. The first-order chi connectivity index (χ1) is 12.0. The molecule has 0 aliphatic carbocycles. The zero-order valence-corrected chi connectivity index (χ0v) is 16.0. The van der Waals surface area contributed by atoms with Gasteiger partial charge in [0.2, 0.25) is 10.0 Å². The number of carbonyl (C=O) groups excluding carboxylic acids is 1. The van der Waals surface area contributed by atoms with Crippen LogP contribution >= 0.6 is 23.2 Å². The van der Waals surface area contributed by atoms with E-state index < -0.39 is 48.7 Å². The highest BCUT2D eigenvalue weighted by molar-refractivity contribution is 7.89. The number of benzene rings is 1. The molecule has 1 aromatic rings. The lowest BCUT2D eigenvalue weighted by Crippen LogP contribution is -2.48. The Balaban J connectivity index is 2.50. The fourth-order valence-corrected chi connectivity index (χ4v) is 5.57. The number of alkyl halides is 3. The van der Waals surface area contributed by atoms with Gasteiger partial charge in [0.15, 0.2) is 0 Å². The zero-order valence-electron chi connectivity index (χ0n) is 13.6. The molecule has 1 aromatic carbocycles. The molecule has 0 amide bonds. The largest absolute Gasteiger partial charge is 0.465 e. The first-order valence-electron chi connectivity index (χ1n) is 7.75. The minimum atomic E-state index is -4.73. The molecule has 0 spiro atoms. The number of sulfonamides is 1. The third kappa shape index (κ3) is 4.27. The minimum absolute atomic E-state index is 0.0134. The van der Waals surface area contributed by atoms with Crippen LogP contribution in [0.2, 0.25) is 10.0 Å². The van der Waals surface area contributed by atoms with Crippen LogP contribution < -0.4 is 0 Å². The molecule has 1 aliphatic heterocycles. The van der Waals surface area contributed by atoms with Crippen LogP contribution in [-0.4, -0.2) is 37.9 Å². The van der Waals surface area contributed by atoms with E-state index in [9.17, 15) is 26.4 Å². The second-order valence-electron chi connectivity index (χ2n) is 5.65. The van der Waals surface area contributed by atoms with E-state index in [4.69, 9.17) is 27.9 Å². The number of nitrogens with zero attached hydrogens (tertiary/aromatic N) is 1. The molecule has 1 atom stereocenters. The molecule has 0 bridgehead atoms. The maximum atomic E-state index is 13.0. The van der Waals surface area contributed by atoms with Gasteiger partial charge in [-0.3, -0.25) is 4.79 Å². The van der Waals surface area contributed by atoms with Gasteiger partial charge in [-0.1, -0.05) is 23.2 Å². The summed E-state index contributed by atoms with van der Waals surface area (Å²) in [7, 11) is -4.40. The van der Waals surface area contributed by atoms with E-state index in [2.05, 4.69) is 0 Å². The van der Waals surface area contributed by atoms with Gasteiger partial charge in [0.05, 0.1) is 22.2 Å². The van der Waals surface area contributed by atoms with E-state index in [1.807, 2.05) is 0 Å². The Morgan fingerprint density at radius 2 is 1.85 bits per heavy atom. The van der Waals surface area contributed by atoms with Crippen molar-refractivity contribution >= 4 is 39.2 Å². The fourth-order valence-electron chi connectivity index (χ4n) is 2.75. The molecule has 1 saturated heterocycles. The van der Waals surface area contributed by atoms with Crippen LogP contribution in [-0.2, 0) is 25.7 Å². The van der Waals surface area contributed by atoms with Crippen molar-refractivity contribution in [3.8, 4) is 0 Å². The number of rotatable bonds is 4. The average Bonchev–Trinajstić information content (AvgIpc) is 2.53. The molecule has 0 aromatic heterocycles. The molecule has 1 unspecified atom stereocenters. The Kier molecular flexibility index (Phi) is 6.48. The van der Waals surface area contributed by atoms with Crippen LogP contribution in [0.3, 0.4) is 0 Å². The third-order valence-corrected chi connectivity index (χ3v) is 6.74. The molecular weight excluding hydrogens is 418 g/mol. The van der Waals surface area contributed by atoms with Crippen LogP contribution in [0.5, 0.6) is 0 Å². The Hall–Kier alpha value is -1.03. The van der Waals surface area contributed by atoms with Crippen LogP contribution in [0.25, 0.3) is 0 Å². The van der Waals surface area contributed by atoms with Crippen molar-refractivity contribution in [2.45, 2.75) is 43.3 Å². The summed E-state index contributed by atoms with van der Waals surface area (Å²) in [5.74, 6) is -0.713. The second-order valence-corrected chi connectivity index (χ2v) is 8.29. The number of ether oxygens (including phenoxy) is 1. The van der Waals surface area contributed by atoms with Gasteiger partial charge in [-0.2, -0.15) is 17.5 Å². The number of halogens is 5. The predicted molar refractivity (Wildman–Crippen MR) is 89.6 cm³/mol. The van der Waals surface area contributed by atoms with Crippen LogP contribution in [0.15, 0.2) is 17.0 Å². The normalized spacial score (nSPS) is 19.4. The molecule has 0 radical (unpaired) electrons. The van der Waals surface area contributed by atoms with E-state index in [0.29, 0.717) is 25.0 Å². The lowest BCUT2D eigenvalue weighted by atomic mass is 10.1. The lowest BCUT2D eigenvalue weighted by Gasteiger charge is -2.33. The monoisotopic (exact) mass is 433 g/mol. The summed E-state index contributed by atoms with van der Waals surface area (Å²) in [6, 6.07) is -0.0593. The highest BCUT2D eigenvalue weighted by Crippen LogP contribution is 2.40. The first kappa shape index (κ1) is 21.3. The molecule has 26 heavy (non-hydrogen) atoms. The average molecular weight is 434 g/mol. The number of hydrogen-bond acceptors (Lipinski definition) is 4. The molecule has 2 rings (SSSR count). The van der Waals surface area contributed by atoms with E-state index in [-0.39, 0.29) is 19.6 Å². The van der Waals surface area contributed by atoms with Gasteiger partial charge >= 0.3 is 12.1 Å². The van der Waals surface area contributed by atoms with Gasteiger partial charge in [-0.25, -0.2) is 8.42 Å². The SMILES string of the molecule is CCOC(=O)C1CCCCN1S(=O)(=O)c1c(Cl)cc(C(F)(F)F)cc1Cl. The predicted octanol–water partition coefficient (Wildman–Crippen LogP) is 4.12. The molecule has 1 fully saturated rings. The molecule has 0 saturated carbocycles. The van der Waals surface area contributed by atoms with Crippen molar-refractivity contribution in [3.05, 3.63) is 27.7 Å². The lowest BCUT2D eigenvalue weighted by molar-refractivity contribution is -0.148. The van der Waals surface area contributed by atoms with Crippen LogP contribution in [0.1, 0.15) is 31.7 Å². The zero-order chi connectivity index (χ0) is 19.7. The van der Waals surface area contributed by atoms with E-state index >= 15 is 0 Å². The van der Waals surface area contributed by atoms with E-state index in [1.165, 1.54) is 0 Å². The molecule has 5 nitrogen and oxygen atoms in total. The van der Waals surface area contributed by atoms with Crippen molar-refractivity contribution in [3.63, 3.8) is 0 Å². The summed E-state index contributed by atoms with van der Waals surface area (Å²) in [4.78, 5) is 11.5. The quantitative estimate of drug-likeness (QED) is 0.669. The Morgan fingerprint density at radius 1 is 1.27 bits per heavy atom. The molecule has 1 heterocycles. The second kappa shape index (κ2) is 7.92. The first-order valence-corrected chi connectivity index (χ1v) is 9.94. The highest BCUT2D eigenvalue weighted by atomic mass is 35.5. The summed E-state index contributed by atoms with van der Waals surface area (Å²) in [5, 5.41) is -1.31. The summed E-state index contributed by atoms with van der Waals surface area (Å²) < 4.78 is 70.3. The molecule has 0 N–H and O–H groups in total. The number of carbonyl (C=O) groups is 1. The summed E-state index contributed by atoms with van der Waals surface area (Å²) >= 11 is 11.7. The molecule has 11 heteroatoms. The van der Waals surface area contributed by atoms with Gasteiger partial charge < -0.3 is 4.74 Å². The third-order valence-electron chi connectivity index (χ3n) is 3.90. The Bertz CT molecular complexity index is 776. The summed E-state index contributed by atoms with van der Waals surface area (Å²) in [6.45, 7) is 1.67. The van der Waals surface area contributed by atoms with Gasteiger partial charge in [0.1, 0.15) is 10.9 Å². The maximum Gasteiger partial charge on any atom is 0.416 e. The van der Waals surface area contributed by atoms with Gasteiger partial charge in [0.25, 0.3) is 0 Å². The van der Waals surface area contributed by atoms with Crippen LogP contribution in [0, 0.1) is 0 Å². The Labute approximate surface area is 159 Å².